The van der Waals surface area contributed by atoms with Crippen LogP contribution >= 0.6 is 8.19 Å². The second-order valence-corrected chi connectivity index (χ2v) is 8.32. The van der Waals surface area contributed by atoms with Crippen LogP contribution < -0.4 is 10.2 Å². The maximum absolute atomic E-state index is 12.7. The summed E-state index contributed by atoms with van der Waals surface area (Å²) in [5, 5.41) is 8.99. The summed E-state index contributed by atoms with van der Waals surface area (Å²) in [6.07, 6.45) is 2.84. The average molecular weight is 385 g/mol. The zero-order chi connectivity index (χ0) is 19.0. The number of likely N-dealkylation sites (tertiary alicyclic amines) is 1. The molecule has 142 valence electrons. The van der Waals surface area contributed by atoms with Gasteiger partial charge >= 0.3 is 6.03 Å². The van der Waals surface area contributed by atoms with Gasteiger partial charge in [-0.1, -0.05) is 12.1 Å². The molecule has 3 aromatic rings. The van der Waals surface area contributed by atoms with Crippen LogP contribution in [0.3, 0.4) is 0 Å². The number of rotatable bonds is 3. The van der Waals surface area contributed by atoms with Gasteiger partial charge in [0.2, 0.25) is 5.88 Å². The standard InChI is InChI=1S/C19H24N5O2P/c1-12-5-8-24(19(25)21-17-10-13(2)22-26-17)11-16(12)23(3)15-4-7-20-18-14(15)6-9-27-18/h4,6-7,9-10,12,16,27H,5,8,11H2,1-3H3,(H,21,25)/t12-,16?/m1/s1. The van der Waals surface area contributed by atoms with Gasteiger partial charge in [-0.15, -0.1) is 8.19 Å². The van der Waals surface area contributed by atoms with Crippen LogP contribution in [-0.2, 0) is 0 Å². The Kier molecular flexibility index (Phi) is 4.79. The molecule has 7 nitrogen and oxygen atoms in total. The minimum atomic E-state index is -0.141. The highest BCUT2D eigenvalue weighted by molar-refractivity contribution is 7.36. The molecule has 8 heteroatoms. The Hall–Kier alpha value is -2.53. The van der Waals surface area contributed by atoms with Gasteiger partial charge in [0.15, 0.2) is 0 Å². The lowest BCUT2D eigenvalue weighted by Crippen LogP contribution is -2.53. The molecule has 0 bridgehead atoms. The van der Waals surface area contributed by atoms with E-state index in [-0.39, 0.29) is 12.1 Å². The number of anilines is 2. The molecule has 1 aliphatic rings. The van der Waals surface area contributed by atoms with Crippen molar-refractivity contribution in [3.8, 4) is 0 Å². The van der Waals surface area contributed by atoms with Gasteiger partial charge in [-0.2, -0.15) is 0 Å². The summed E-state index contributed by atoms with van der Waals surface area (Å²) in [6.45, 7) is 5.49. The van der Waals surface area contributed by atoms with Gasteiger partial charge in [0, 0.05) is 49.5 Å². The van der Waals surface area contributed by atoms with Crippen LogP contribution in [0.2, 0.25) is 0 Å². The fraction of sp³-hybridized carbons (Fsp3) is 0.421. The summed E-state index contributed by atoms with van der Waals surface area (Å²) in [7, 11) is 2.76. The number of pyridine rings is 1. The van der Waals surface area contributed by atoms with E-state index < -0.39 is 0 Å². The number of nitrogens with zero attached hydrogens (tertiary/aromatic N) is 4. The molecule has 0 aromatic carbocycles. The van der Waals surface area contributed by atoms with E-state index >= 15 is 0 Å². The Balaban J connectivity index is 1.51. The summed E-state index contributed by atoms with van der Waals surface area (Å²) in [5.41, 5.74) is 1.93. The summed E-state index contributed by atoms with van der Waals surface area (Å²) in [6, 6.07) is 6.06. The first-order chi connectivity index (χ1) is 13.0. The highest BCUT2D eigenvalue weighted by Crippen LogP contribution is 2.34. The van der Waals surface area contributed by atoms with Gasteiger partial charge in [-0.25, -0.2) is 4.79 Å². The monoisotopic (exact) mass is 385 g/mol. The number of urea groups is 1. The van der Waals surface area contributed by atoms with E-state index in [0.717, 1.165) is 23.9 Å². The van der Waals surface area contributed by atoms with E-state index in [1.165, 1.54) is 11.1 Å². The Morgan fingerprint density at radius 2 is 2.30 bits per heavy atom. The summed E-state index contributed by atoms with van der Waals surface area (Å²) in [5.74, 6) is 3.06. The number of aryl methyl sites for hydroxylation is 1. The molecule has 1 fully saturated rings. The third kappa shape index (κ3) is 3.52. The van der Waals surface area contributed by atoms with Crippen molar-refractivity contribution in [1.29, 1.82) is 0 Å². The van der Waals surface area contributed by atoms with Crippen LogP contribution in [0.25, 0.3) is 10.6 Å². The number of hydrogen-bond acceptors (Lipinski definition) is 5. The average Bonchev–Trinajstić information content (AvgIpc) is 3.30. The number of hydrogen-bond donors (Lipinski definition) is 1. The van der Waals surface area contributed by atoms with Crippen LogP contribution in [0.1, 0.15) is 19.0 Å². The summed E-state index contributed by atoms with van der Waals surface area (Å²) < 4.78 is 5.11. The molecular weight excluding hydrogens is 361 g/mol. The quantitative estimate of drug-likeness (QED) is 0.739. The minimum Gasteiger partial charge on any atom is -0.369 e. The van der Waals surface area contributed by atoms with E-state index in [0.29, 0.717) is 26.5 Å². The molecule has 2 unspecified atom stereocenters. The van der Waals surface area contributed by atoms with Gasteiger partial charge in [-0.3, -0.25) is 10.3 Å². The molecule has 4 rings (SSSR count). The van der Waals surface area contributed by atoms with E-state index in [9.17, 15) is 4.79 Å². The molecule has 1 aliphatic heterocycles. The third-order valence-corrected chi connectivity index (χ3v) is 6.38. The van der Waals surface area contributed by atoms with Crippen molar-refractivity contribution in [3.63, 3.8) is 0 Å². The van der Waals surface area contributed by atoms with Gasteiger partial charge in [-0.05, 0) is 37.2 Å². The van der Waals surface area contributed by atoms with Crippen LogP contribution in [0.15, 0.2) is 34.7 Å². The Morgan fingerprint density at radius 1 is 1.44 bits per heavy atom. The van der Waals surface area contributed by atoms with Gasteiger partial charge in [0.25, 0.3) is 0 Å². The zero-order valence-corrected chi connectivity index (χ0v) is 16.8. The Labute approximate surface area is 159 Å². The molecule has 0 saturated carbocycles. The third-order valence-electron chi connectivity index (χ3n) is 5.38. The van der Waals surface area contributed by atoms with E-state index in [2.05, 4.69) is 52.3 Å². The lowest BCUT2D eigenvalue weighted by molar-refractivity contribution is 0.172. The first-order valence-electron chi connectivity index (χ1n) is 9.17. The Bertz CT molecular complexity index is 952. The van der Waals surface area contributed by atoms with Crippen LogP contribution in [0, 0.1) is 12.8 Å². The second kappa shape index (κ2) is 7.24. The van der Waals surface area contributed by atoms with E-state index in [4.69, 9.17) is 4.52 Å². The van der Waals surface area contributed by atoms with Crippen LogP contribution in [0.4, 0.5) is 16.4 Å². The largest absolute Gasteiger partial charge is 0.369 e. The highest BCUT2D eigenvalue weighted by atomic mass is 31.0. The van der Waals surface area contributed by atoms with E-state index in [1.54, 1.807) is 6.07 Å². The molecule has 2 amide bonds. The fourth-order valence-corrected chi connectivity index (χ4v) is 4.70. The van der Waals surface area contributed by atoms with Crippen molar-refractivity contribution >= 4 is 36.4 Å². The lowest BCUT2D eigenvalue weighted by Gasteiger charge is -2.42. The zero-order valence-electron chi connectivity index (χ0n) is 15.8. The topological polar surface area (TPSA) is 74.5 Å². The summed E-state index contributed by atoms with van der Waals surface area (Å²) >= 11 is 0. The molecule has 0 radical (unpaired) electrons. The van der Waals surface area contributed by atoms with Gasteiger partial charge in [0.1, 0.15) is 0 Å². The number of fused-ring (bicyclic) bond motifs is 1. The van der Waals surface area contributed by atoms with Crippen molar-refractivity contribution in [2.24, 2.45) is 5.92 Å². The maximum Gasteiger partial charge on any atom is 0.324 e. The number of piperidine rings is 1. The molecule has 0 aliphatic carbocycles. The summed E-state index contributed by atoms with van der Waals surface area (Å²) in [4.78, 5) is 21.3. The number of amides is 2. The number of nitrogens with one attached hydrogen (secondary N) is 1. The van der Waals surface area contributed by atoms with Crippen LogP contribution in [-0.4, -0.2) is 47.3 Å². The number of aromatic nitrogens is 2. The number of likely N-dealkylation sites (N-methyl/N-ethyl adjacent to an activating group) is 1. The minimum absolute atomic E-state index is 0.141. The molecular formula is C19H24N5O2P. The van der Waals surface area contributed by atoms with Gasteiger partial charge < -0.3 is 14.3 Å². The van der Waals surface area contributed by atoms with E-state index in [1.807, 2.05) is 18.0 Å². The first-order valence-corrected chi connectivity index (χ1v) is 10.2. The molecule has 1 saturated heterocycles. The van der Waals surface area contributed by atoms with Crippen molar-refractivity contribution in [3.05, 3.63) is 35.9 Å². The fourth-order valence-electron chi connectivity index (χ4n) is 3.78. The van der Waals surface area contributed by atoms with Crippen molar-refractivity contribution in [2.75, 3.05) is 30.4 Å². The smallest absolute Gasteiger partial charge is 0.324 e. The predicted octanol–water partition coefficient (Wildman–Crippen LogP) is 3.94. The SMILES string of the molecule is Cc1cc(NC(=O)N2CC[C@@H](C)C(N(C)c3ccnc4[pH]ccc34)C2)on1. The van der Waals surface area contributed by atoms with Gasteiger partial charge in [0.05, 0.1) is 10.9 Å². The van der Waals surface area contributed by atoms with Crippen molar-refractivity contribution in [1.82, 2.24) is 15.0 Å². The lowest BCUT2D eigenvalue weighted by atomic mass is 9.92. The Morgan fingerprint density at radius 3 is 3.07 bits per heavy atom. The molecule has 0 spiro atoms. The van der Waals surface area contributed by atoms with Crippen molar-refractivity contribution < 1.29 is 9.32 Å². The number of carbonyl (C=O) groups is 1. The normalized spacial score (nSPS) is 20.3. The number of carbonyl (C=O) groups excluding carboxylic acids is 1. The first kappa shape index (κ1) is 17.9. The highest BCUT2D eigenvalue weighted by Gasteiger charge is 2.32. The molecule has 3 aromatic heterocycles. The molecule has 4 heterocycles. The maximum atomic E-state index is 12.7. The second-order valence-electron chi connectivity index (χ2n) is 7.22. The van der Waals surface area contributed by atoms with Crippen LogP contribution in [0.5, 0.6) is 0 Å². The predicted molar refractivity (Wildman–Crippen MR) is 109 cm³/mol. The molecule has 1 N–H and O–H groups in total. The molecule has 3 atom stereocenters. The molecule has 27 heavy (non-hydrogen) atoms. The van der Waals surface area contributed by atoms with Crippen molar-refractivity contribution in [2.45, 2.75) is 26.3 Å².